The summed E-state index contributed by atoms with van der Waals surface area (Å²) < 4.78 is 18.9. The van der Waals surface area contributed by atoms with E-state index in [0.717, 1.165) is 12.8 Å². The Bertz CT molecular complexity index is 411. The van der Waals surface area contributed by atoms with Gasteiger partial charge < -0.3 is 15.8 Å². The van der Waals surface area contributed by atoms with Crippen LogP contribution in [0.25, 0.3) is 0 Å². The quantitative estimate of drug-likeness (QED) is 0.797. The van der Waals surface area contributed by atoms with Crippen LogP contribution < -0.4 is 11.1 Å². The van der Waals surface area contributed by atoms with Gasteiger partial charge in [-0.05, 0) is 25.0 Å². The van der Waals surface area contributed by atoms with Gasteiger partial charge in [-0.1, -0.05) is 26.0 Å². The first-order chi connectivity index (χ1) is 9.06. The van der Waals surface area contributed by atoms with Gasteiger partial charge in [0.2, 0.25) is 5.91 Å². The predicted molar refractivity (Wildman–Crippen MR) is 73.3 cm³/mol. The average Bonchev–Trinajstić information content (AvgIpc) is 2.44. The molecular weight excluding hydrogens is 247 g/mol. The maximum Gasteiger partial charge on any atom is 0.250 e. The summed E-state index contributed by atoms with van der Waals surface area (Å²) in [6.45, 7) is 4.15. The molecule has 0 bridgehead atoms. The molecule has 0 heterocycles. The van der Waals surface area contributed by atoms with Gasteiger partial charge in [-0.2, -0.15) is 0 Å². The van der Waals surface area contributed by atoms with Crippen molar-refractivity contribution in [3.63, 3.8) is 0 Å². The van der Waals surface area contributed by atoms with Crippen molar-refractivity contribution < 1.29 is 13.9 Å². The maximum atomic E-state index is 13.3. The Morgan fingerprint density at radius 1 is 1.37 bits per heavy atom. The number of amides is 1. The molecule has 0 fully saturated rings. The predicted octanol–water partition coefficient (Wildman–Crippen LogP) is 2.30. The van der Waals surface area contributed by atoms with Crippen LogP contribution in [0.4, 0.5) is 10.1 Å². The Hall–Kier alpha value is -1.46. The van der Waals surface area contributed by atoms with E-state index in [2.05, 4.69) is 5.32 Å². The van der Waals surface area contributed by atoms with Crippen molar-refractivity contribution in [2.24, 2.45) is 5.73 Å². The molecular formula is C14H21FN2O2. The van der Waals surface area contributed by atoms with Crippen molar-refractivity contribution in [2.45, 2.75) is 32.3 Å². The summed E-state index contributed by atoms with van der Waals surface area (Å²) in [5.74, 6) is -0.850. The van der Waals surface area contributed by atoms with Crippen molar-refractivity contribution in [1.82, 2.24) is 0 Å². The fourth-order valence-electron chi connectivity index (χ4n) is 1.77. The second-order valence-electron chi connectivity index (χ2n) is 4.41. The molecule has 106 valence electrons. The maximum absolute atomic E-state index is 13.3. The molecule has 4 nitrogen and oxygen atoms in total. The molecule has 0 saturated carbocycles. The standard InChI is InChI=1S/C14H21FN2O2/c1-3-14(4-2,10-16)19-9-13(18)17-12-8-6-5-7-11(12)15/h5-8H,3-4,9-10,16H2,1-2H3,(H,17,18). The lowest BCUT2D eigenvalue weighted by molar-refractivity contribution is -0.128. The molecule has 0 aromatic heterocycles. The van der Waals surface area contributed by atoms with E-state index in [-0.39, 0.29) is 18.2 Å². The molecule has 1 amide bonds. The van der Waals surface area contributed by atoms with Crippen LogP contribution in [0.1, 0.15) is 26.7 Å². The van der Waals surface area contributed by atoms with Gasteiger partial charge in [0.25, 0.3) is 0 Å². The highest BCUT2D eigenvalue weighted by atomic mass is 19.1. The van der Waals surface area contributed by atoms with Crippen molar-refractivity contribution >= 4 is 11.6 Å². The van der Waals surface area contributed by atoms with Crippen LogP contribution in [-0.2, 0) is 9.53 Å². The van der Waals surface area contributed by atoms with Gasteiger partial charge in [0, 0.05) is 6.54 Å². The summed E-state index contributed by atoms with van der Waals surface area (Å²) in [5, 5.41) is 2.48. The number of nitrogens with one attached hydrogen (secondary N) is 1. The van der Waals surface area contributed by atoms with Gasteiger partial charge in [-0.3, -0.25) is 4.79 Å². The summed E-state index contributed by atoms with van der Waals surface area (Å²) in [4.78, 5) is 11.7. The number of anilines is 1. The lowest BCUT2D eigenvalue weighted by Gasteiger charge is -2.30. The monoisotopic (exact) mass is 268 g/mol. The zero-order valence-electron chi connectivity index (χ0n) is 11.4. The molecule has 1 aromatic rings. The Balaban J connectivity index is 2.55. The third kappa shape index (κ3) is 4.29. The molecule has 3 N–H and O–H groups in total. The smallest absolute Gasteiger partial charge is 0.250 e. The Morgan fingerprint density at radius 2 is 2.00 bits per heavy atom. The number of benzene rings is 1. The van der Waals surface area contributed by atoms with Crippen LogP contribution in [-0.4, -0.2) is 24.7 Å². The van der Waals surface area contributed by atoms with Gasteiger partial charge >= 0.3 is 0 Å². The number of hydrogen-bond acceptors (Lipinski definition) is 3. The Morgan fingerprint density at radius 3 is 2.53 bits per heavy atom. The number of ether oxygens (including phenoxy) is 1. The zero-order valence-corrected chi connectivity index (χ0v) is 11.4. The van der Waals surface area contributed by atoms with E-state index in [1.165, 1.54) is 12.1 Å². The summed E-state index contributed by atoms with van der Waals surface area (Å²) >= 11 is 0. The average molecular weight is 268 g/mol. The minimum absolute atomic E-state index is 0.132. The fraction of sp³-hybridized carbons (Fsp3) is 0.500. The first-order valence-corrected chi connectivity index (χ1v) is 6.45. The van der Waals surface area contributed by atoms with Crippen LogP contribution in [0.5, 0.6) is 0 Å². The van der Waals surface area contributed by atoms with E-state index in [9.17, 15) is 9.18 Å². The Kier molecular flexibility index (Phi) is 5.92. The highest BCUT2D eigenvalue weighted by Crippen LogP contribution is 2.19. The minimum Gasteiger partial charge on any atom is -0.364 e. The van der Waals surface area contributed by atoms with Gasteiger partial charge in [0.15, 0.2) is 0 Å². The number of carbonyl (C=O) groups is 1. The van der Waals surface area contributed by atoms with Gasteiger partial charge in [0.1, 0.15) is 12.4 Å². The molecule has 5 heteroatoms. The number of carbonyl (C=O) groups excluding carboxylic acids is 1. The third-order valence-electron chi connectivity index (χ3n) is 3.32. The molecule has 0 aliphatic carbocycles. The third-order valence-corrected chi connectivity index (χ3v) is 3.32. The molecule has 1 rings (SSSR count). The van der Waals surface area contributed by atoms with Gasteiger partial charge in [-0.15, -0.1) is 0 Å². The zero-order chi connectivity index (χ0) is 14.3. The molecule has 0 unspecified atom stereocenters. The van der Waals surface area contributed by atoms with Gasteiger partial charge in [-0.25, -0.2) is 4.39 Å². The van der Waals surface area contributed by atoms with Crippen molar-refractivity contribution in [2.75, 3.05) is 18.5 Å². The number of para-hydroxylation sites is 1. The molecule has 0 aliphatic rings. The molecule has 0 radical (unpaired) electrons. The number of hydrogen-bond donors (Lipinski definition) is 2. The van der Waals surface area contributed by atoms with Crippen LogP contribution in [0.3, 0.4) is 0 Å². The summed E-state index contributed by atoms with van der Waals surface area (Å²) in [7, 11) is 0. The molecule has 0 aliphatic heterocycles. The van der Waals surface area contributed by atoms with E-state index >= 15 is 0 Å². The Labute approximate surface area is 113 Å². The summed E-state index contributed by atoms with van der Waals surface area (Å²) in [6.07, 6.45) is 1.46. The van der Waals surface area contributed by atoms with Gasteiger partial charge in [0.05, 0.1) is 11.3 Å². The molecule has 1 aromatic carbocycles. The van der Waals surface area contributed by atoms with Crippen molar-refractivity contribution in [3.05, 3.63) is 30.1 Å². The van der Waals surface area contributed by atoms with Crippen LogP contribution in [0.15, 0.2) is 24.3 Å². The molecule has 19 heavy (non-hydrogen) atoms. The second-order valence-corrected chi connectivity index (χ2v) is 4.41. The van der Waals surface area contributed by atoms with E-state index < -0.39 is 11.4 Å². The largest absolute Gasteiger partial charge is 0.364 e. The fourth-order valence-corrected chi connectivity index (χ4v) is 1.77. The van der Waals surface area contributed by atoms with E-state index in [1.807, 2.05) is 13.8 Å². The molecule has 0 spiro atoms. The first kappa shape index (κ1) is 15.6. The van der Waals surface area contributed by atoms with E-state index in [1.54, 1.807) is 12.1 Å². The minimum atomic E-state index is -0.480. The molecule has 0 atom stereocenters. The topological polar surface area (TPSA) is 64.3 Å². The number of rotatable bonds is 7. The summed E-state index contributed by atoms with van der Waals surface area (Å²) in [6, 6.07) is 6.01. The number of halogens is 1. The van der Waals surface area contributed by atoms with Crippen LogP contribution in [0.2, 0.25) is 0 Å². The lowest BCUT2D eigenvalue weighted by atomic mass is 9.97. The van der Waals surface area contributed by atoms with Crippen LogP contribution in [0, 0.1) is 5.82 Å². The van der Waals surface area contributed by atoms with Crippen LogP contribution >= 0.6 is 0 Å². The molecule has 0 saturated heterocycles. The van der Waals surface area contributed by atoms with E-state index in [0.29, 0.717) is 6.54 Å². The normalized spacial score (nSPS) is 11.4. The summed E-state index contributed by atoms with van der Waals surface area (Å²) in [5.41, 5.74) is 5.35. The number of nitrogens with two attached hydrogens (primary N) is 1. The first-order valence-electron chi connectivity index (χ1n) is 6.45. The highest BCUT2D eigenvalue weighted by molar-refractivity contribution is 5.91. The second kappa shape index (κ2) is 7.21. The highest BCUT2D eigenvalue weighted by Gasteiger charge is 2.26. The van der Waals surface area contributed by atoms with E-state index in [4.69, 9.17) is 10.5 Å². The lowest BCUT2D eigenvalue weighted by Crippen LogP contribution is -2.41. The SMILES string of the molecule is CCC(CC)(CN)OCC(=O)Nc1ccccc1F. The van der Waals surface area contributed by atoms with Crippen molar-refractivity contribution in [3.8, 4) is 0 Å². The van der Waals surface area contributed by atoms with Crippen molar-refractivity contribution in [1.29, 1.82) is 0 Å².